The lowest BCUT2D eigenvalue weighted by atomic mass is 9.96. The number of rotatable bonds is 6. The summed E-state index contributed by atoms with van der Waals surface area (Å²) in [7, 11) is 0. The number of hydrogen-bond acceptors (Lipinski definition) is 6. The number of nitrogens with zero attached hydrogens (tertiary/aromatic N) is 4. The molecule has 1 aromatic heterocycles. The molecule has 2 fully saturated rings. The van der Waals surface area contributed by atoms with Gasteiger partial charge in [-0.1, -0.05) is 49.6 Å². The minimum absolute atomic E-state index is 0.0309. The average molecular weight is 474 g/mol. The van der Waals surface area contributed by atoms with Crippen LogP contribution < -0.4 is 15.0 Å². The minimum Gasteiger partial charge on any atom is -0.493 e. The quantitative estimate of drug-likeness (QED) is 0.541. The van der Waals surface area contributed by atoms with Crippen molar-refractivity contribution in [3.05, 3.63) is 53.7 Å². The van der Waals surface area contributed by atoms with E-state index >= 15 is 0 Å². The van der Waals surface area contributed by atoms with Gasteiger partial charge < -0.3 is 19.9 Å². The van der Waals surface area contributed by atoms with Crippen LogP contribution in [0, 0.1) is 6.92 Å². The van der Waals surface area contributed by atoms with E-state index in [1.165, 1.54) is 32.1 Å². The molecule has 1 aliphatic heterocycles. The first kappa shape index (κ1) is 23.4. The van der Waals surface area contributed by atoms with Crippen molar-refractivity contribution in [2.75, 3.05) is 43.0 Å². The van der Waals surface area contributed by atoms with E-state index in [2.05, 4.69) is 15.2 Å². The molecule has 1 N–H and O–H groups in total. The molecule has 1 saturated carbocycles. The van der Waals surface area contributed by atoms with Crippen LogP contribution in [0.2, 0.25) is 0 Å². The molecule has 0 bridgehead atoms. The second-order valence-electron chi connectivity index (χ2n) is 9.54. The van der Waals surface area contributed by atoms with Crippen molar-refractivity contribution >= 4 is 28.4 Å². The Morgan fingerprint density at radius 3 is 2.57 bits per heavy atom. The molecule has 1 aliphatic carbocycles. The van der Waals surface area contributed by atoms with Gasteiger partial charge in [-0.15, -0.1) is 0 Å². The monoisotopic (exact) mass is 473 g/mol. The van der Waals surface area contributed by atoms with Crippen LogP contribution in [-0.4, -0.2) is 59.6 Å². The summed E-state index contributed by atoms with van der Waals surface area (Å²) in [5.74, 6) is 2.34. The molecule has 35 heavy (non-hydrogen) atoms. The summed E-state index contributed by atoms with van der Waals surface area (Å²) >= 11 is 0. The van der Waals surface area contributed by atoms with E-state index in [9.17, 15) is 4.79 Å². The second-order valence-corrected chi connectivity index (χ2v) is 9.54. The number of nitrogens with one attached hydrogen (secondary N) is 1. The van der Waals surface area contributed by atoms with E-state index in [4.69, 9.17) is 9.72 Å². The van der Waals surface area contributed by atoms with E-state index in [-0.39, 0.29) is 5.91 Å². The van der Waals surface area contributed by atoms with E-state index in [0.29, 0.717) is 37.1 Å². The molecule has 0 atom stereocenters. The van der Waals surface area contributed by atoms with Gasteiger partial charge in [0.2, 0.25) is 5.95 Å². The van der Waals surface area contributed by atoms with Gasteiger partial charge in [-0.05, 0) is 43.5 Å². The molecule has 2 aromatic carbocycles. The molecule has 2 aliphatic rings. The summed E-state index contributed by atoms with van der Waals surface area (Å²) in [6.07, 6.45) is 6.24. The van der Waals surface area contributed by atoms with Crippen molar-refractivity contribution in [1.82, 2.24) is 14.9 Å². The Morgan fingerprint density at radius 1 is 1.03 bits per heavy atom. The van der Waals surface area contributed by atoms with Crippen LogP contribution in [0.4, 0.5) is 11.8 Å². The summed E-state index contributed by atoms with van der Waals surface area (Å²) in [5, 5.41) is 5.55. The number of amides is 1. The van der Waals surface area contributed by atoms with Crippen LogP contribution in [0.1, 0.15) is 55.1 Å². The predicted octanol–water partition coefficient (Wildman–Crippen LogP) is 5.04. The molecule has 0 unspecified atom stereocenters. The number of piperazine rings is 1. The molecule has 1 amide bonds. The van der Waals surface area contributed by atoms with Crippen molar-refractivity contribution in [3.8, 4) is 5.75 Å². The molecule has 7 nitrogen and oxygen atoms in total. The highest BCUT2D eigenvalue weighted by Crippen LogP contribution is 2.30. The molecule has 0 radical (unpaired) electrons. The van der Waals surface area contributed by atoms with Crippen LogP contribution in [0.25, 0.3) is 10.8 Å². The highest BCUT2D eigenvalue weighted by molar-refractivity contribution is 6.09. The summed E-state index contributed by atoms with van der Waals surface area (Å²) in [6.45, 7) is 7.25. The normalized spacial score (nSPS) is 17.0. The molecule has 0 spiro atoms. The number of hydrogen-bond donors (Lipinski definition) is 1. The molecule has 1 saturated heterocycles. The first-order valence-electron chi connectivity index (χ1n) is 12.9. The van der Waals surface area contributed by atoms with Gasteiger partial charge in [0.15, 0.2) is 0 Å². The van der Waals surface area contributed by atoms with E-state index in [0.717, 1.165) is 41.3 Å². The Bertz CT molecular complexity index is 1180. The maximum absolute atomic E-state index is 13.7. The van der Waals surface area contributed by atoms with Crippen molar-refractivity contribution in [1.29, 1.82) is 0 Å². The second kappa shape index (κ2) is 10.5. The SMILES string of the molecule is CCOc1ccc2ccccc2c1C(=O)N1CCN(c2cc(C)nc(NC3CCCCC3)n2)CC1. The molecule has 3 aromatic rings. The van der Waals surface area contributed by atoms with Crippen molar-refractivity contribution < 1.29 is 9.53 Å². The van der Waals surface area contributed by atoms with Crippen molar-refractivity contribution in [2.45, 2.75) is 52.0 Å². The lowest BCUT2D eigenvalue weighted by Crippen LogP contribution is -2.49. The van der Waals surface area contributed by atoms with Gasteiger partial charge >= 0.3 is 0 Å². The largest absolute Gasteiger partial charge is 0.493 e. The van der Waals surface area contributed by atoms with E-state index < -0.39 is 0 Å². The van der Waals surface area contributed by atoms with Crippen LogP contribution in [-0.2, 0) is 0 Å². The maximum Gasteiger partial charge on any atom is 0.258 e. The van der Waals surface area contributed by atoms with Crippen LogP contribution in [0.15, 0.2) is 42.5 Å². The summed E-state index contributed by atoms with van der Waals surface area (Å²) in [5.41, 5.74) is 1.62. The average Bonchev–Trinajstić information content (AvgIpc) is 2.89. The first-order valence-corrected chi connectivity index (χ1v) is 12.9. The van der Waals surface area contributed by atoms with E-state index in [1.807, 2.05) is 61.2 Å². The fraction of sp³-hybridized carbons (Fsp3) is 0.464. The number of aromatic nitrogens is 2. The van der Waals surface area contributed by atoms with Gasteiger partial charge in [0.1, 0.15) is 11.6 Å². The first-order chi connectivity index (χ1) is 17.1. The van der Waals surface area contributed by atoms with Gasteiger partial charge in [0.25, 0.3) is 5.91 Å². The minimum atomic E-state index is 0.0309. The lowest BCUT2D eigenvalue weighted by Gasteiger charge is -2.36. The van der Waals surface area contributed by atoms with Gasteiger partial charge in [-0.3, -0.25) is 4.79 Å². The Kier molecular flexibility index (Phi) is 7.02. The lowest BCUT2D eigenvalue weighted by molar-refractivity contribution is 0.0744. The van der Waals surface area contributed by atoms with Gasteiger partial charge in [-0.2, -0.15) is 4.98 Å². The Labute approximate surface area is 207 Å². The third-order valence-corrected chi connectivity index (χ3v) is 7.07. The Morgan fingerprint density at radius 2 is 1.80 bits per heavy atom. The number of carbonyl (C=O) groups is 1. The zero-order chi connectivity index (χ0) is 24.2. The maximum atomic E-state index is 13.7. The summed E-state index contributed by atoms with van der Waals surface area (Å²) < 4.78 is 5.85. The molecule has 5 rings (SSSR count). The Balaban J connectivity index is 1.30. The molecular formula is C28H35N5O2. The molecular weight excluding hydrogens is 438 g/mol. The number of anilines is 2. The highest BCUT2D eigenvalue weighted by Gasteiger charge is 2.27. The zero-order valence-corrected chi connectivity index (χ0v) is 20.8. The van der Waals surface area contributed by atoms with Gasteiger partial charge in [0, 0.05) is 44.0 Å². The van der Waals surface area contributed by atoms with Gasteiger partial charge in [0.05, 0.1) is 12.2 Å². The Hall–Kier alpha value is -3.35. The highest BCUT2D eigenvalue weighted by atomic mass is 16.5. The predicted molar refractivity (Wildman–Crippen MR) is 140 cm³/mol. The number of aryl methyl sites for hydroxylation is 1. The van der Waals surface area contributed by atoms with Crippen molar-refractivity contribution in [3.63, 3.8) is 0 Å². The van der Waals surface area contributed by atoms with E-state index in [1.54, 1.807) is 0 Å². The topological polar surface area (TPSA) is 70.6 Å². The third-order valence-electron chi connectivity index (χ3n) is 7.07. The molecule has 7 heteroatoms. The summed E-state index contributed by atoms with van der Waals surface area (Å²) in [6, 6.07) is 14.5. The number of carbonyl (C=O) groups excluding carboxylic acids is 1. The third kappa shape index (κ3) is 5.19. The fourth-order valence-electron chi connectivity index (χ4n) is 5.25. The zero-order valence-electron chi connectivity index (χ0n) is 20.8. The number of ether oxygens (including phenoxy) is 1. The molecule has 2 heterocycles. The van der Waals surface area contributed by atoms with Crippen LogP contribution in [0.5, 0.6) is 5.75 Å². The van der Waals surface area contributed by atoms with Gasteiger partial charge in [-0.25, -0.2) is 4.98 Å². The standard InChI is InChI=1S/C28H35N5O2/c1-3-35-24-14-13-21-9-7-8-12-23(21)26(24)27(34)33-17-15-32(16-18-33)25-19-20(2)29-28(31-25)30-22-10-5-4-6-11-22/h7-9,12-14,19,22H,3-6,10-11,15-18H2,1-2H3,(H,29,30,31). The van der Waals surface area contributed by atoms with Crippen molar-refractivity contribution in [2.24, 2.45) is 0 Å². The number of fused-ring (bicyclic) bond motifs is 1. The summed E-state index contributed by atoms with van der Waals surface area (Å²) in [4.78, 5) is 27.3. The van der Waals surface area contributed by atoms with Crippen LogP contribution >= 0.6 is 0 Å². The fourth-order valence-corrected chi connectivity index (χ4v) is 5.25. The van der Waals surface area contributed by atoms with Crippen LogP contribution in [0.3, 0.4) is 0 Å². The number of benzene rings is 2. The smallest absolute Gasteiger partial charge is 0.258 e. The molecule has 184 valence electrons.